The van der Waals surface area contributed by atoms with E-state index in [1.54, 1.807) is 0 Å². The number of carbonyl (C=O) groups excluding carboxylic acids is 1. The van der Waals surface area contributed by atoms with Crippen molar-refractivity contribution in [1.82, 2.24) is 5.32 Å². The largest absolute Gasteiger partial charge is 0.352 e. The lowest BCUT2D eigenvalue weighted by atomic mass is 9.50. The van der Waals surface area contributed by atoms with Crippen molar-refractivity contribution >= 4 is 21.8 Å². The Bertz CT molecular complexity index is 398. The molecule has 1 saturated heterocycles. The van der Waals surface area contributed by atoms with Gasteiger partial charge in [-0.3, -0.25) is 4.79 Å². The van der Waals surface area contributed by atoms with Crippen LogP contribution >= 0.6 is 15.9 Å². The molecule has 1 N–H and O–H groups in total. The second-order valence-electron chi connectivity index (χ2n) is 7.69. The summed E-state index contributed by atoms with van der Waals surface area (Å²) < 4.78 is 0. The fourth-order valence-electron chi connectivity index (χ4n) is 5.66. The first-order valence-electron chi connectivity index (χ1n) is 8.41. The number of fused-ring (bicyclic) bond motifs is 3. The van der Waals surface area contributed by atoms with Crippen LogP contribution in [0, 0.1) is 29.1 Å². The van der Waals surface area contributed by atoms with Crippen molar-refractivity contribution in [3.63, 3.8) is 0 Å². The Hall–Kier alpha value is -0.0500. The van der Waals surface area contributed by atoms with Gasteiger partial charge in [-0.15, -0.1) is 0 Å². The van der Waals surface area contributed by atoms with Crippen LogP contribution in [-0.4, -0.2) is 16.8 Å². The van der Waals surface area contributed by atoms with E-state index in [9.17, 15) is 4.79 Å². The maximum Gasteiger partial charge on any atom is 0.234 e. The van der Waals surface area contributed by atoms with Crippen LogP contribution in [0.4, 0.5) is 0 Å². The number of nitrogens with one attached hydrogen (secondary N) is 1. The summed E-state index contributed by atoms with van der Waals surface area (Å²) in [6.07, 6.45) is 7.62. The number of hydrogen-bond donors (Lipinski definition) is 1. The van der Waals surface area contributed by atoms with Gasteiger partial charge in [0, 0.05) is 6.04 Å². The monoisotopic (exact) mass is 341 g/mol. The van der Waals surface area contributed by atoms with Crippen LogP contribution in [0.25, 0.3) is 0 Å². The number of amides is 1. The normalized spacial score (nSPS) is 51.9. The summed E-state index contributed by atoms with van der Waals surface area (Å²) in [4.78, 5) is 12.0. The van der Waals surface area contributed by atoms with Crippen molar-refractivity contribution in [2.75, 3.05) is 0 Å². The summed E-state index contributed by atoms with van der Waals surface area (Å²) in [5.74, 6) is 3.68. The van der Waals surface area contributed by atoms with E-state index >= 15 is 0 Å². The van der Waals surface area contributed by atoms with Crippen LogP contribution in [0.3, 0.4) is 0 Å². The fraction of sp³-hybridized carbons (Fsp3) is 0.941. The molecule has 3 heteroatoms. The molecule has 7 unspecified atom stereocenters. The first kappa shape index (κ1) is 14.9. The van der Waals surface area contributed by atoms with Crippen molar-refractivity contribution < 1.29 is 4.79 Å². The van der Waals surface area contributed by atoms with Crippen molar-refractivity contribution in [1.29, 1.82) is 0 Å². The second kappa shape index (κ2) is 5.30. The fourth-order valence-corrected chi connectivity index (χ4v) is 6.49. The number of carbonyl (C=O) groups is 1. The lowest BCUT2D eigenvalue weighted by Gasteiger charge is -2.58. The maximum atomic E-state index is 12.0. The van der Waals surface area contributed by atoms with Crippen molar-refractivity contribution in [2.24, 2.45) is 29.1 Å². The minimum Gasteiger partial charge on any atom is -0.352 e. The highest BCUT2D eigenvalue weighted by Gasteiger charge is 2.55. The third-order valence-electron chi connectivity index (χ3n) is 6.96. The Morgan fingerprint density at radius 3 is 2.75 bits per heavy atom. The second-order valence-corrected chi connectivity index (χ2v) is 8.80. The Kier molecular flexibility index (Phi) is 3.94. The van der Waals surface area contributed by atoms with E-state index < -0.39 is 0 Å². The minimum absolute atomic E-state index is 0.0155. The van der Waals surface area contributed by atoms with Crippen LogP contribution in [-0.2, 0) is 4.79 Å². The van der Waals surface area contributed by atoms with Gasteiger partial charge in [-0.1, -0.05) is 43.1 Å². The van der Waals surface area contributed by atoms with Crippen molar-refractivity contribution in [3.8, 4) is 0 Å². The molecule has 0 radical (unpaired) electrons. The summed E-state index contributed by atoms with van der Waals surface area (Å²) in [6, 6.07) is 0.412. The molecular formula is C17H28BrNO. The summed E-state index contributed by atoms with van der Waals surface area (Å²) in [6.45, 7) is 7.28. The van der Waals surface area contributed by atoms with Crippen LogP contribution in [0.1, 0.15) is 59.3 Å². The molecule has 3 fully saturated rings. The van der Waals surface area contributed by atoms with E-state index in [0.717, 1.165) is 30.1 Å². The Labute approximate surface area is 131 Å². The SMILES string of the molecule is CCC1CCC2C(CCC3NC(=O)C(Br)CC32C)C1C. The number of halogens is 1. The number of hydrogen-bond acceptors (Lipinski definition) is 1. The summed E-state index contributed by atoms with van der Waals surface area (Å²) >= 11 is 3.60. The van der Waals surface area contributed by atoms with E-state index in [4.69, 9.17) is 0 Å². The van der Waals surface area contributed by atoms with Crippen molar-refractivity contribution in [3.05, 3.63) is 0 Å². The molecule has 0 aromatic heterocycles. The van der Waals surface area contributed by atoms with Gasteiger partial charge < -0.3 is 5.32 Å². The first-order valence-corrected chi connectivity index (χ1v) is 9.33. The molecule has 0 aromatic rings. The van der Waals surface area contributed by atoms with E-state index in [0.29, 0.717) is 11.5 Å². The minimum atomic E-state index is 0.0155. The molecule has 1 aliphatic heterocycles. The molecule has 1 heterocycles. The smallest absolute Gasteiger partial charge is 0.234 e. The molecule has 7 atom stereocenters. The molecule has 2 aliphatic carbocycles. The highest BCUT2D eigenvalue weighted by Crippen LogP contribution is 2.57. The molecule has 2 nitrogen and oxygen atoms in total. The quantitative estimate of drug-likeness (QED) is 0.714. The average Bonchev–Trinajstić information content (AvgIpc) is 2.41. The Morgan fingerprint density at radius 1 is 1.30 bits per heavy atom. The molecule has 0 aromatic carbocycles. The molecule has 3 rings (SSSR count). The molecule has 1 amide bonds. The molecular weight excluding hydrogens is 314 g/mol. The first-order chi connectivity index (χ1) is 9.47. The maximum absolute atomic E-state index is 12.0. The third kappa shape index (κ3) is 2.15. The summed E-state index contributed by atoms with van der Waals surface area (Å²) in [5.41, 5.74) is 0.304. The lowest BCUT2D eigenvalue weighted by Crippen LogP contribution is -2.62. The van der Waals surface area contributed by atoms with Gasteiger partial charge in [-0.05, 0) is 61.2 Å². The zero-order valence-corrected chi connectivity index (χ0v) is 14.6. The summed E-state index contributed by atoms with van der Waals surface area (Å²) in [5, 5.41) is 3.30. The molecule has 20 heavy (non-hydrogen) atoms. The van der Waals surface area contributed by atoms with Crippen LogP contribution in [0.5, 0.6) is 0 Å². The van der Waals surface area contributed by atoms with Crippen LogP contribution < -0.4 is 5.32 Å². The van der Waals surface area contributed by atoms with Gasteiger partial charge in [-0.2, -0.15) is 0 Å². The predicted octanol–water partition coefficient (Wildman–Crippen LogP) is 4.13. The van der Waals surface area contributed by atoms with Crippen molar-refractivity contribution in [2.45, 2.75) is 70.2 Å². The standard InChI is InChI=1S/C17H28BrNO/c1-4-11-5-7-13-12(10(11)2)6-8-15-17(13,3)9-14(18)16(20)19-15/h10-15H,4-9H2,1-3H3,(H,19,20). The number of rotatable bonds is 1. The van der Waals surface area contributed by atoms with Crippen LogP contribution in [0.15, 0.2) is 0 Å². The average molecular weight is 342 g/mol. The zero-order chi connectivity index (χ0) is 14.5. The van der Waals surface area contributed by atoms with Gasteiger partial charge in [0.05, 0.1) is 4.83 Å². The Balaban J connectivity index is 1.85. The topological polar surface area (TPSA) is 29.1 Å². The molecule has 0 bridgehead atoms. The van der Waals surface area contributed by atoms with E-state index in [1.807, 2.05) is 0 Å². The van der Waals surface area contributed by atoms with E-state index in [2.05, 4.69) is 42.0 Å². The highest BCUT2D eigenvalue weighted by atomic mass is 79.9. The number of alkyl halides is 1. The van der Waals surface area contributed by atoms with E-state index in [1.165, 1.54) is 32.1 Å². The third-order valence-corrected chi connectivity index (χ3v) is 7.70. The molecule has 114 valence electrons. The Morgan fingerprint density at radius 2 is 2.05 bits per heavy atom. The van der Waals surface area contributed by atoms with Gasteiger partial charge in [-0.25, -0.2) is 0 Å². The zero-order valence-electron chi connectivity index (χ0n) is 13.0. The van der Waals surface area contributed by atoms with Gasteiger partial charge >= 0.3 is 0 Å². The molecule has 2 saturated carbocycles. The van der Waals surface area contributed by atoms with Gasteiger partial charge in [0.1, 0.15) is 0 Å². The van der Waals surface area contributed by atoms with E-state index in [-0.39, 0.29) is 10.7 Å². The predicted molar refractivity (Wildman–Crippen MR) is 85.8 cm³/mol. The lowest BCUT2D eigenvalue weighted by molar-refractivity contribution is -0.132. The molecule has 3 aliphatic rings. The van der Waals surface area contributed by atoms with Crippen LogP contribution in [0.2, 0.25) is 0 Å². The van der Waals surface area contributed by atoms with Gasteiger partial charge in [0.2, 0.25) is 5.91 Å². The number of piperidine rings is 1. The summed E-state index contributed by atoms with van der Waals surface area (Å²) in [7, 11) is 0. The van der Waals surface area contributed by atoms with Gasteiger partial charge in [0.15, 0.2) is 0 Å². The molecule has 0 spiro atoms. The van der Waals surface area contributed by atoms with Gasteiger partial charge in [0.25, 0.3) is 0 Å². The highest BCUT2D eigenvalue weighted by molar-refractivity contribution is 9.10.